The molecule has 0 radical (unpaired) electrons. The van der Waals surface area contributed by atoms with Crippen molar-refractivity contribution < 1.29 is 4.79 Å². The fraction of sp³-hybridized carbons (Fsp3) is 0.538. The third-order valence-electron chi connectivity index (χ3n) is 2.52. The van der Waals surface area contributed by atoms with E-state index in [0.29, 0.717) is 6.54 Å². The summed E-state index contributed by atoms with van der Waals surface area (Å²) in [5.41, 5.74) is 0.973. The molecule has 1 aromatic heterocycles. The number of carbonyl (C=O) groups is 1. The number of amides is 1. The summed E-state index contributed by atoms with van der Waals surface area (Å²) in [5, 5.41) is 0. The van der Waals surface area contributed by atoms with Gasteiger partial charge in [-0.1, -0.05) is 13.0 Å². The van der Waals surface area contributed by atoms with Crippen LogP contribution in [0.1, 0.15) is 19.0 Å². The molecule has 0 unspecified atom stereocenters. The van der Waals surface area contributed by atoms with E-state index in [1.54, 1.807) is 19.0 Å². The van der Waals surface area contributed by atoms with Crippen LogP contribution in [0.5, 0.6) is 0 Å². The molecule has 0 N–H and O–H groups in total. The quantitative estimate of drug-likeness (QED) is 0.779. The molecule has 0 saturated heterocycles. The van der Waals surface area contributed by atoms with Crippen LogP contribution in [0.4, 0.5) is 5.82 Å². The van der Waals surface area contributed by atoms with Crippen molar-refractivity contribution in [2.75, 3.05) is 32.1 Å². The zero-order valence-electron chi connectivity index (χ0n) is 11.1. The number of anilines is 1. The van der Waals surface area contributed by atoms with Crippen molar-refractivity contribution >= 4 is 11.7 Å². The van der Waals surface area contributed by atoms with Crippen molar-refractivity contribution in [1.29, 1.82) is 0 Å². The van der Waals surface area contributed by atoms with Crippen molar-refractivity contribution in [3.8, 4) is 0 Å². The van der Waals surface area contributed by atoms with E-state index in [2.05, 4.69) is 11.9 Å². The maximum absolute atomic E-state index is 11.7. The van der Waals surface area contributed by atoms with Gasteiger partial charge in [0.25, 0.3) is 0 Å². The average molecular weight is 235 g/mol. The van der Waals surface area contributed by atoms with Gasteiger partial charge in [-0.2, -0.15) is 0 Å². The molecular weight excluding hydrogens is 214 g/mol. The lowest BCUT2D eigenvalue weighted by atomic mass is 10.3. The third-order valence-corrected chi connectivity index (χ3v) is 2.52. The molecule has 0 aliphatic heterocycles. The van der Waals surface area contributed by atoms with Gasteiger partial charge in [0.2, 0.25) is 5.91 Å². The van der Waals surface area contributed by atoms with Crippen LogP contribution in [0, 0.1) is 6.92 Å². The van der Waals surface area contributed by atoms with E-state index in [1.807, 2.05) is 30.0 Å². The molecule has 4 heteroatoms. The molecule has 17 heavy (non-hydrogen) atoms. The smallest absolute Gasteiger partial charge is 0.241 e. The molecule has 0 aliphatic rings. The van der Waals surface area contributed by atoms with Gasteiger partial charge in [-0.05, 0) is 25.5 Å². The van der Waals surface area contributed by atoms with Crippen molar-refractivity contribution in [2.24, 2.45) is 0 Å². The number of carbonyl (C=O) groups excluding carboxylic acids is 1. The minimum atomic E-state index is 0.0988. The Morgan fingerprint density at radius 3 is 2.59 bits per heavy atom. The molecule has 1 amide bonds. The lowest BCUT2D eigenvalue weighted by Gasteiger charge is -2.24. The van der Waals surface area contributed by atoms with Crippen LogP contribution in [-0.4, -0.2) is 43.0 Å². The number of pyridine rings is 1. The molecule has 94 valence electrons. The van der Waals surface area contributed by atoms with Gasteiger partial charge in [0.15, 0.2) is 0 Å². The molecule has 0 aliphatic carbocycles. The summed E-state index contributed by atoms with van der Waals surface area (Å²) >= 11 is 0. The van der Waals surface area contributed by atoms with E-state index in [9.17, 15) is 4.79 Å². The highest BCUT2D eigenvalue weighted by Gasteiger charge is 2.13. The number of hydrogen-bond donors (Lipinski definition) is 0. The molecule has 4 nitrogen and oxygen atoms in total. The summed E-state index contributed by atoms with van der Waals surface area (Å²) < 4.78 is 0. The van der Waals surface area contributed by atoms with E-state index in [-0.39, 0.29) is 5.91 Å². The number of nitrogens with zero attached hydrogens (tertiary/aromatic N) is 3. The van der Waals surface area contributed by atoms with Gasteiger partial charge in [0.05, 0.1) is 6.54 Å². The Bertz CT molecular complexity index is 377. The average Bonchev–Trinajstić information content (AvgIpc) is 2.28. The Labute approximate surface area is 103 Å². The molecule has 1 rings (SSSR count). The van der Waals surface area contributed by atoms with Gasteiger partial charge in [0.1, 0.15) is 5.82 Å². The minimum absolute atomic E-state index is 0.0988. The molecule has 0 fully saturated rings. The number of aromatic nitrogens is 1. The van der Waals surface area contributed by atoms with Gasteiger partial charge in [-0.15, -0.1) is 0 Å². The summed E-state index contributed by atoms with van der Waals surface area (Å²) in [6.07, 6.45) is 0.996. The van der Waals surface area contributed by atoms with Crippen LogP contribution in [-0.2, 0) is 4.79 Å². The molecule has 1 heterocycles. The summed E-state index contributed by atoms with van der Waals surface area (Å²) in [6.45, 7) is 5.29. The van der Waals surface area contributed by atoms with Gasteiger partial charge in [-0.25, -0.2) is 4.98 Å². The highest BCUT2D eigenvalue weighted by molar-refractivity contribution is 5.80. The van der Waals surface area contributed by atoms with Crippen LogP contribution in [0.25, 0.3) is 0 Å². The highest BCUT2D eigenvalue weighted by Crippen LogP contribution is 2.11. The number of rotatable bonds is 5. The summed E-state index contributed by atoms with van der Waals surface area (Å²) in [7, 11) is 3.55. The fourth-order valence-electron chi connectivity index (χ4n) is 1.55. The number of aryl methyl sites for hydroxylation is 1. The standard InChI is InChI=1S/C13H21N3O/c1-5-9-16(10-13(17)15(3)4)12-8-6-7-11(2)14-12/h6-8H,5,9-10H2,1-4H3. The van der Waals surface area contributed by atoms with Gasteiger partial charge >= 0.3 is 0 Å². The second-order valence-electron chi connectivity index (χ2n) is 4.35. The predicted octanol–water partition coefficient (Wildman–Crippen LogP) is 1.69. The Hall–Kier alpha value is -1.58. The predicted molar refractivity (Wildman–Crippen MR) is 70.2 cm³/mol. The van der Waals surface area contributed by atoms with Crippen LogP contribution in [0.2, 0.25) is 0 Å². The van der Waals surface area contributed by atoms with Crippen molar-refractivity contribution in [2.45, 2.75) is 20.3 Å². The molecule has 0 spiro atoms. The molecule has 0 bridgehead atoms. The normalized spacial score (nSPS) is 10.1. The van der Waals surface area contributed by atoms with E-state index >= 15 is 0 Å². The molecular formula is C13H21N3O. The minimum Gasteiger partial charge on any atom is -0.347 e. The number of likely N-dealkylation sites (N-methyl/N-ethyl adjacent to an activating group) is 1. The van der Waals surface area contributed by atoms with Crippen LogP contribution in [0.3, 0.4) is 0 Å². The molecule has 0 aromatic carbocycles. The summed E-state index contributed by atoms with van der Waals surface area (Å²) in [6, 6.07) is 5.88. The molecule has 1 aromatic rings. The lowest BCUT2D eigenvalue weighted by molar-refractivity contribution is -0.127. The third kappa shape index (κ3) is 4.06. The maximum Gasteiger partial charge on any atom is 0.241 e. The van der Waals surface area contributed by atoms with E-state index < -0.39 is 0 Å². The maximum atomic E-state index is 11.7. The second-order valence-corrected chi connectivity index (χ2v) is 4.35. The van der Waals surface area contributed by atoms with Crippen molar-refractivity contribution in [3.05, 3.63) is 23.9 Å². The first-order chi connectivity index (χ1) is 8.04. The van der Waals surface area contributed by atoms with Gasteiger partial charge < -0.3 is 9.80 Å². The zero-order valence-corrected chi connectivity index (χ0v) is 11.1. The summed E-state index contributed by atoms with van der Waals surface area (Å²) in [5.74, 6) is 0.976. The van der Waals surface area contributed by atoms with Crippen molar-refractivity contribution in [3.63, 3.8) is 0 Å². The lowest BCUT2D eigenvalue weighted by Crippen LogP contribution is -2.37. The Balaban J connectivity index is 2.82. The first-order valence-corrected chi connectivity index (χ1v) is 5.93. The van der Waals surface area contributed by atoms with Crippen LogP contribution < -0.4 is 4.90 Å². The Morgan fingerprint density at radius 2 is 2.06 bits per heavy atom. The van der Waals surface area contributed by atoms with E-state index in [1.165, 1.54) is 0 Å². The fourth-order valence-corrected chi connectivity index (χ4v) is 1.55. The SMILES string of the molecule is CCCN(CC(=O)N(C)C)c1cccc(C)n1. The van der Waals surface area contributed by atoms with Crippen LogP contribution >= 0.6 is 0 Å². The first kappa shape index (κ1) is 13.5. The zero-order chi connectivity index (χ0) is 12.8. The Kier molecular flexibility index (Phi) is 4.94. The second kappa shape index (κ2) is 6.23. The number of hydrogen-bond acceptors (Lipinski definition) is 3. The van der Waals surface area contributed by atoms with Crippen molar-refractivity contribution in [1.82, 2.24) is 9.88 Å². The first-order valence-electron chi connectivity index (χ1n) is 5.93. The Morgan fingerprint density at radius 1 is 1.35 bits per heavy atom. The van der Waals surface area contributed by atoms with Gasteiger partial charge in [-0.3, -0.25) is 4.79 Å². The topological polar surface area (TPSA) is 36.4 Å². The summed E-state index contributed by atoms with van der Waals surface area (Å²) in [4.78, 5) is 19.8. The van der Waals surface area contributed by atoms with E-state index in [4.69, 9.17) is 0 Å². The molecule has 0 saturated carbocycles. The van der Waals surface area contributed by atoms with Gasteiger partial charge in [0, 0.05) is 26.3 Å². The highest BCUT2D eigenvalue weighted by atomic mass is 16.2. The monoisotopic (exact) mass is 235 g/mol. The molecule has 0 atom stereocenters. The van der Waals surface area contributed by atoms with Crippen LogP contribution in [0.15, 0.2) is 18.2 Å². The largest absolute Gasteiger partial charge is 0.347 e. The van der Waals surface area contributed by atoms with E-state index in [0.717, 1.165) is 24.5 Å².